The molecule has 1 aromatic rings. The molecular weight excluding hydrogens is 384 g/mol. The average molecular weight is 410 g/mol. The molecule has 8 nitrogen and oxygen atoms in total. The van der Waals surface area contributed by atoms with Crippen LogP contribution in [0.4, 0.5) is 0 Å². The van der Waals surface area contributed by atoms with E-state index in [0.717, 1.165) is 12.8 Å². The predicted octanol–water partition coefficient (Wildman–Crippen LogP) is 1.12. The highest BCUT2D eigenvalue weighted by atomic mass is 32.2. The van der Waals surface area contributed by atoms with Crippen LogP contribution in [0.3, 0.4) is 0 Å². The van der Waals surface area contributed by atoms with Gasteiger partial charge in [-0.15, -0.1) is 0 Å². The number of esters is 1. The first-order valence-corrected chi connectivity index (χ1v) is 10.9. The van der Waals surface area contributed by atoms with E-state index in [9.17, 15) is 18.0 Å². The van der Waals surface area contributed by atoms with Crippen molar-refractivity contribution in [1.29, 1.82) is 0 Å². The number of nitrogens with zero attached hydrogens (tertiary/aromatic N) is 2. The Morgan fingerprint density at radius 2 is 1.68 bits per heavy atom. The number of carbonyl (C=O) groups excluding carboxylic acids is 2. The lowest BCUT2D eigenvalue weighted by Crippen LogP contribution is -2.42. The zero-order chi connectivity index (χ0) is 20.1. The van der Waals surface area contributed by atoms with Gasteiger partial charge in [0, 0.05) is 26.2 Å². The number of benzene rings is 1. The highest BCUT2D eigenvalue weighted by Crippen LogP contribution is 2.23. The minimum atomic E-state index is -3.56. The number of amides is 1. The molecule has 28 heavy (non-hydrogen) atoms. The van der Waals surface area contributed by atoms with Crippen molar-refractivity contribution >= 4 is 21.9 Å². The lowest BCUT2D eigenvalue weighted by atomic mass is 10.0. The van der Waals surface area contributed by atoms with E-state index in [0.29, 0.717) is 45.3 Å². The summed E-state index contributed by atoms with van der Waals surface area (Å²) < 4.78 is 37.2. The Kier molecular flexibility index (Phi) is 6.69. The van der Waals surface area contributed by atoms with E-state index in [2.05, 4.69) is 6.92 Å². The standard InChI is InChI=1S/C19H26N2O6S/c1-15-6-8-21(9-7-15)28(24,25)17-4-2-16(3-5-17)19(23)27-14-18(22)20-10-12-26-13-11-20/h2-5,15H,6-14H2,1H3. The van der Waals surface area contributed by atoms with Crippen molar-refractivity contribution in [2.45, 2.75) is 24.7 Å². The van der Waals surface area contributed by atoms with Gasteiger partial charge < -0.3 is 14.4 Å². The summed E-state index contributed by atoms with van der Waals surface area (Å²) in [6.45, 7) is 4.72. The quantitative estimate of drug-likeness (QED) is 0.676. The van der Waals surface area contributed by atoms with Gasteiger partial charge in [-0.3, -0.25) is 4.79 Å². The Morgan fingerprint density at radius 1 is 1.07 bits per heavy atom. The third-order valence-electron chi connectivity index (χ3n) is 5.16. The lowest BCUT2D eigenvalue weighted by molar-refractivity contribution is -0.138. The molecule has 0 saturated carbocycles. The number of morpholine rings is 1. The Labute approximate surface area is 165 Å². The molecular formula is C19H26N2O6S. The van der Waals surface area contributed by atoms with Crippen LogP contribution in [0, 0.1) is 5.92 Å². The van der Waals surface area contributed by atoms with Gasteiger partial charge in [0.1, 0.15) is 0 Å². The van der Waals surface area contributed by atoms with Gasteiger partial charge in [-0.2, -0.15) is 4.31 Å². The highest BCUT2D eigenvalue weighted by molar-refractivity contribution is 7.89. The second-order valence-corrected chi connectivity index (χ2v) is 9.12. The van der Waals surface area contributed by atoms with Crippen molar-refractivity contribution < 1.29 is 27.5 Å². The number of ether oxygens (including phenoxy) is 2. The minimum Gasteiger partial charge on any atom is -0.452 e. The summed E-state index contributed by atoms with van der Waals surface area (Å²) in [5.74, 6) is -0.392. The molecule has 2 fully saturated rings. The maximum atomic E-state index is 12.7. The second-order valence-electron chi connectivity index (χ2n) is 7.18. The van der Waals surface area contributed by atoms with E-state index in [1.54, 1.807) is 4.90 Å². The average Bonchev–Trinajstić information content (AvgIpc) is 2.73. The fourth-order valence-electron chi connectivity index (χ4n) is 3.25. The van der Waals surface area contributed by atoms with Crippen molar-refractivity contribution in [3.05, 3.63) is 29.8 Å². The van der Waals surface area contributed by atoms with Crippen LogP contribution in [0.1, 0.15) is 30.1 Å². The molecule has 2 heterocycles. The topological polar surface area (TPSA) is 93.2 Å². The van der Waals surface area contributed by atoms with Gasteiger partial charge in [0.25, 0.3) is 5.91 Å². The summed E-state index contributed by atoms with van der Waals surface area (Å²) in [7, 11) is -3.56. The van der Waals surface area contributed by atoms with Gasteiger partial charge in [-0.05, 0) is 43.0 Å². The van der Waals surface area contributed by atoms with Crippen LogP contribution in [0.5, 0.6) is 0 Å². The first-order valence-electron chi connectivity index (χ1n) is 9.51. The third kappa shape index (κ3) is 4.89. The molecule has 1 aromatic carbocycles. The molecule has 2 aliphatic rings. The van der Waals surface area contributed by atoms with E-state index in [1.165, 1.54) is 28.6 Å². The molecule has 2 aliphatic heterocycles. The maximum absolute atomic E-state index is 12.7. The Balaban J connectivity index is 1.57. The Bertz CT molecular complexity index is 794. The Hall–Kier alpha value is -1.97. The normalized spacial score (nSPS) is 19.4. The number of sulfonamides is 1. The van der Waals surface area contributed by atoms with Crippen LogP contribution >= 0.6 is 0 Å². The summed E-state index contributed by atoms with van der Waals surface area (Å²) in [6.07, 6.45) is 1.70. The number of hydrogen-bond acceptors (Lipinski definition) is 6. The van der Waals surface area contributed by atoms with Crippen molar-refractivity contribution in [2.75, 3.05) is 46.0 Å². The molecule has 0 N–H and O–H groups in total. The molecule has 0 aromatic heterocycles. The largest absolute Gasteiger partial charge is 0.452 e. The van der Waals surface area contributed by atoms with Gasteiger partial charge in [0.15, 0.2) is 6.61 Å². The van der Waals surface area contributed by atoms with E-state index < -0.39 is 16.0 Å². The van der Waals surface area contributed by atoms with Gasteiger partial charge in [-0.1, -0.05) is 6.92 Å². The van der Waals surface area contributed by atoms with Crippen LogP contribution < -0.4 is 0 Å². The zero-order valence-electron chi connectivity index (χ0n) is 16.0. The number of hydrogen-bond donors (Lipinski definition) is 0. The second kappa shape index (κ2) is 9.02. The van der Waals surface area contributed by atoms with Crippen LogP contribution in [0.15, 0.2) is 29.2 Å². The molecule has 0 radical (unpaired) electrons. The molecule has 154 valence electrons. The van der Waals surface area contributed by atoms with Crippen LogP contribution in [-0.4, -0.2) is 75.5 Å². The lowest BCUT2D eigenvalue weighted by Gasteiger charge is -2.29. The molecule has 2 saturated heterocycles. The minimum absolute atomic E-state index is 0.156. The zero-order valence-corrected chi connectivity index (χ0v) is 16.8. The first kappa shape index (κ1) is 20.8. The van der Waals surface area contributed by atoms with Gasteiger partial charge in [0.2, 0.25) is 10.0 Å². The fraction of sp³-hybridized carbons (Fsp3) is 0.579. The van der Waals surface area contributed by atoms with Gasteiger partial charge >= 0.3 is 5.97 Å². The molecule has 0 atom stereocenters. The molecule has 3 rings (SSSR count). The van der Waals surface area contributed by atoms with Crippen molar-refractivity contribution in [1.82, 2.24) is 9.21 Å². The van der Waals surface area contributed by atoms with Gasteiger partial charge in [0.05, 0.1) is 23.7 Å². The summed E-state index contributed by atoms with van der Waals surface area (Å²) in [5.41, 5.74) is 0.209. The van der Waals surface area contributed by atoms with E-state index in [-0.39, 0.29) is 23.0 Å². The molecule has 0 aliphatic carbocycles. The molecule has 0 unspecified atom stereocenters. The van der Waals surface area contributed by atoms with Crippen molar-refractivity contribution in [3.8, 4) is 0 Å². The summed E-state index contributed by atoms with van der Waals surface area (Å²) in [6, 6.07) is 5.66. The fourth-order valence-corrected chi connectivity index (χ4v) is 4.72. The molecule has 0 bridgehead atoms. The van der Waals surface area contributed by atoms with Gasteiger partial charge in [-0.25, -0.2) is 13.2 Å². The third-order valence-corrected chi connectivity index (χ3v) is 7.07. The van der Waals surface area contributed by atoms with Crippen LogP contribution in [-0.2, 0) is 24.3 Å². The van der Waals surface area contributed by atoms with E-state index in [4.69, 9.17) is 9.47 Å². The monoisotopic (exact) mass is 410 g/mol. The SMILES string of the molecule is CC1CCN(S(=O)(=O)c2ccc(C(=O)OCC(=O)N3CCOCC3)cc2)CC1. The smallest absolute Gasteiger partial charge is 0.338 e. The van der Waals surface area contributed by atoms with E-state index in [1.807, 2.05) is 0 Å². The van der Waals surface area contributed by atoms with Crippen LogP contribution in [0.2, 0.25) is 0 Å². The number of carbonyl (C=O) groups is 2. The summed E-state index contributed by atoms with van der Waals surface area (Å²) in [4.78, 5) is 25.9. The van der Waals surface area contributed by atoms with E-state index >= 15 is 0 Å². The molecule has 1 amide bonds. The maximum Gasteiger partial charge on any atom is 0.338 e. The summed E-state index contributed by atoms with van der Waals surface area (Å²) in [5, 5.41) is 0. The number of piperidine rings is 1. The highest BCUT2D eigenvalue weighted by Gasteiger charge is 2.28. The predicted molar refractivity (Wildman–Crippen MR) is 101 cm³/mol. The molecule has 9 heteroatoms. The van der Waals surface area contributed by atoms with Crippen molar-refractivity contribution in [3.63, 3.8) is 0 Å². The Morgan fingerprint density at radius 3 is 2.29 bits per heavy atom. The number of rotatable bonds is 5. The summed E-state index contributed by atoms with van der Waals surface area (Å²) >= 11 is 0. The van der Waals surface area contributed by atoms with Crippen LogP contribution in [0.25, 0.3) is 0 Å². The molecule has 0 spiro atoms. The van der Waals surface area contributed by atoms with Crippen molar-refractivity contribution in [2.24, 2.45) is 5.92 Å². The first-order chi connectivity index (χ1) is 13.4.